The first-order valence-corrected chi connectivity index (χ1v) is 7.80. The third kappa shape index (κ3) is 4.69. The van der Waals surface area contributed by atoms with E-state index in [4.69, 9.17) is 4.74 Å². The summed E-state index contributed by atoms with van der Waals surface area (Å²) >= 11 is 0. The van der Waals surface area contributed by atoms with Gasteiger partial charge in [-0.2, -0.15) is 0 Å². The summed E-state index contributed by atoms with van der Waals surface area (Å²) in [5, 5.41) is 5.74. The Labute approximate surface area is 137 Å². The molecular formula is C17H25N3O3. The average molecular weight is 319 g/mol. The maximum absolute atomic E-state index is 12.3. The first kappa shape index (κ1) is 17.3. The number of aryl methyl sites for hydroxylation is 1. The lowest BCUT2D eigenvalue weighted by Gasteiger charge is -2.11. The molecule has 1 aromatic carbocycles. The van der Waals surface area contributed by atoms with Crippen molar-refractivity contribution in [3.05, 3.63) is 23.8 Å². The summed E-state index contributed by atoms with van der Waals surface area (Å²) in [6, 6.07) is 5.61. The molecular weight excluding hydrogens is 294 g/mol. The fourth-order valence-electron chi connectivity index (χ4n) is 2.45. The number of ether oxygens (including phenoxy) is 1. The van der Waals surface area contributed by atoms with Crippen LogP contribution in [0, 0.1) is 18.8 Å². The number of rotatable bonds is 7. The van der Waals surface area contributed by atoms with Crippen LogP contribution in [-0.2, 0) is 9.59 Å². The second-order valence-electron chi connectivity index (χ2n) is 6.24. The van der Waals surface area contributed by atoms with Crippen molar-refractivity contribution in [3.8, 4) is 5.75 Å². The molecule has 0 radical (unpaired) electrons. The summed E-state index contributed by atoms with van der Waals surface area (Å²) in [4.78, 5) is 26.3. The topological polar surface area (TPSA) is 70.7 Å². The first-order valence-electron chi connectivity index (χ1n) is 7.80. The molecule has 0 bridgehead atoms. The van der Waals surface area contributed by atoms with E-state index in [1.807, 2.05) is 44.1 Å². The maximum Gasteiger partial charge on any atom is 0.228 e. The lowest BCUT2D eigenvalue weighted by Crippen LogP contribution is -2.33. The lowest BCUT2D eigenvalue weighted by atomic mass is 10.2. The summed E-state index contributed by atoms with van der Waals surface area (Å²) < 4.78 is 5.25. The Morgan fingerprint density at radius 1 is 1.26 bits per heavy atom. The molecule has 2 rings (SSSR count). The Morgan fingerprint density at radius 3 is 2.61 bits per heavy atom. The Balaban J connectivity index is 1.86. The van der Waals surface area contributed by atoms with Crippen molar-refractivity contribution in [2.75, 3.05) is 39.6 Å². The van der Waals surface area contributed by atoms with Crippen molar-refractivity contribution in [2.24, 2.45) is 11.8 Å². The molecule has 1 aliphatic carbocycles. The zero-order chi connectivity index (χ0) is 17.0. The average Bonchev–Trinajstić information content (AvgIpc) is 3.27. The molecule has 2 atom stereocenters. The van der Waals surface area contributed by atoms with Crippen molar-refractivity contribution in [2.45, 2.75) is 13.3 Å². The summed E-state index contributed by atoms with van der Waals surface area (Å²) in [7, 11) is 5.47. The Hall–Kier alpha value is -2.08. The smallest absolute Gasteiger partial charge is 0.228 e. The molecule has 1 aliphatic rings. The van der Waals surface area contributed by atoms with E-state index in [0.29, 0.717) is 24.4 Å². The van der Waals surface area contributed by atoms with Crippen LogP contribution in [-0.4, -0.2) is 51.0 Å². The SMILES string of the molecule is COc1ccc(C)cc1NC(=O)C1CC1C(=O)NCCN(C)C. The van der Waals surface area contributed by atoms with E-state index in [0.717, 1.165) is 12.1 Å². The summed E-state index contributed by atoms with van der Waals surface area (Å²) in [6.07, 6.45) is 0.605. The third-order valence-electron chi connectivity index (χ3n) is 3.94. The minimum atomic E-state index is -0.250. The highest BCUT2D eigenvalue weighted by Crippen LogP contribution is 2.40. The summed E-state index contributed by atoms with van der Waals surface area (Å²) in [6.45, 7) is 3.34. The number of likely N-dealkylation sites (N-methyl/N-ethyl adjacent to an activating group) is 1. The predicted molar refractivity (Wildman–Crippen MR) is 89.5 cm³/mol. The largest absolute Gasteiger partial charge is 0.495 e. The highest BCUT2D eigenvalue weighted by Gasteiger charge is 2.48. The van der Waals surface area contributed by atoms with E-state index in [1.165, 1.54) is 0 Å². The monoisotopic (exact) mass is 319 g/mol. The number of hydrogen-bond donors (Lipinski definition) is 2. The van der Waals surface area contributed by atoms with E-state index < -0.39 is 0 Å². The highest BCUT2D eigenvalue weighted by molar-refractivity contribution is 6.00. The molecule has 0 spiro atoms. The molecule has 6 heteroatoms. The minimum absolute atomic E-state index is 0.0387. The number of carbonyl (C=O) groups excluding carboxylic acids is 2. The van der Waals surface area contributed by atoms with Crippen LogP contribution in [0.25, 0.3) is 0 Å². The zero-order valence-electron chi connectivity index (χ0n) is 14.2. The Morgan fingerprint density at radius 2 is 1.96 bits per heavy atom. The van der Waals surface area contributed by atoms with Gasteiger partial charge in [-0.1, -0.05) is 6.07 Å². The normalized spacial score (nSPS) is 19.3. The Kier molecular flexibility index (Phi) is 5.60. The second-order valence-corrected chi connectivity index (χ2v) is 6.24. The van der Waals surface area contributed by atoms with Crippen LogP contribution >= 0.6 is 0 Å². The maximum atomic E-state index is 12.3. The zero-order valence-corrected chi connectivity index (χ0v) is 14.2. The fraction of sp³-hybridized carbons (Fsp3) is 0.529. The molecule has 126 valence electrons. The molecule has 2 unspecified atom stereocenters. The molecule has 0 aliphatic heterocycles. The number of nitrogens with one attached hydrogen (secondary N) is 2. The van der Waals surface area contributed by atoms with Gasteiger partial charge in [-0.15, -0.1) is 0 Å². The van der Waals surface area contributed by atoms with Crippen LogP contribution in [0.4, 0.5) is 5.69 Å². The van der Waals surface area contributed by atoms with Gasteiger partial charge in [0.2, 0.25) is 11.8 Å². The quantitative estimate of drug-likeness (QED) is 0.794. The van der Waals surface area contributed by atoms with Crippen molar-refractivity contribution in [1.29, 1.82) is 0 Å². The third-order valence-corrected chi connectivity index (χ3v) is 3.94. The number of methoxy groups -OCH3 is 1. The van der Waals surface area contributed by atoms with Crippen LogP contribution in [0.1, 0.15) is 12.0 Å². The van der Waals surface area contributed by atoms with Gasteiger partial charge < -0.3 is 20.3 Å². The number of amides is 2. The van der Waals surface area contributed by atoms with Gasteiger partial charge in [0.15, 0.2) is 0 Å². The molecule has 0 aromatic heterocycles. The van der Waals surface area contributed by atoms with Gasteiger partial charge in [-0.25, -0.2) is 0 Å². The van der Waals surface area contributed by atoms with Crippen molar-refractivity contribution in [3.63, 3.8) is 0 Å². The van der Waals surface area contributed by atoms with E-state index in [1.54, 1.807) is 7.11 Å². The number of benzene rings is 1. The predicted octanol–water partition coefficient (Wildman–Crippen LogP) is 1.26. The molecule has 2 N–H and O–H groups in total. The van der Waals surface area contributed by atoms with E-state index in [9.17, 15) is 9.59 Å². The molecule has 1 saturated carbocycles. The molecule has 2 amide bonds. The van der Waals surface area contributed by atoms with Crippen LogP contribution < -0.4 is 15.4 Å². The first-order chi connectivity index (χ1) is 10.9. The highest BCUT2D eigenvalue weighted by atomic mass is 16.5. The molecule has 23 heavy (non-hydrogen) atoms. The van der Waals surface area contributed by atoms with E-state index >= 15 is 0 Å². The van der Waals surface area contributed by atoms with Gasteiger partial charge >= 0.3 is 0 Å². The molecule has 1 aromatic rings. The van der Waals surface area contributed by atoms with Crippen LogP contribution in [0.2, 0.25) is 0 Å². The molecule has 1 fully saturated rings. The van der Waals surface area contributed by atoms with E-state index in [2.05, 4.69) is 10.6 Å². The van der Waals surface area contributed by atoms with Gasteiger partial charge in [0.1, 0.15) is 5.75 Å². The number of anilines is 1. The number of nitrogens with zero attached hydrogens (tertiary/aromatic N) is 1. The van der Waals surface area contributed by atoms with Gasteiger partial charge in [-0.3, -0.25) is 9.59 Å². The lowest BCUT2D eigenvalue weighted by molar-refractivity contribution is -0.125. The van der Waals surface area contributed by atoms with E-state index in [-0.39, 0.29) is 23.7 Å². The van der Waals surface area contributed by atoms with Crippen molar-refractivity contribution in [1.82, 2.24) is 10.2 Å². The van der Waals surface area contributed by atoms with Gasteiger partial charge in [0.25, 0.3) is 0 Å². The van der Waals surface area contributed by atoms with Gasteiger partial charge in [-0.05, 0) is 45.1 Å². The van der Waals surface area contributed by atoms with Crippen LogP contribution in [0.15, 0.2) is 18.2 Å². The van der Waals surface area contributed by atoms with Crippen molar-refractivity contribution >= 4 is 17.5 Å². The molecule has 6 nitrogen and oxygen atoms in total. The van der Waals surface area contributed by atoms with Crippen molar-refractivity contribution < 1.29 is 14.3 Å². The van der Waals surface area contributed by atoms with Gasteiger partial charge in [0.05, 0.1) is 24.6 Å². The molecule has 0 heterocycles. The minimum Gasteiger partial charge on any atom is -0.495 e. The summed E-state index contributed by atoms with van der Waals surface area (Å²) in [5.41, 5.74) is 1.69. The Bertz CT molecular complexity index is 586. The number of hydrogen-bond acceptors (Lipinski definition) is 4. The number of carbonyl (C=O) groups is 2. The van der Waals surface area contributed by atoms with Crippen LogP contribution in [0.3, 0.4) is 0 Å². The van der Waals surface area contributed by atoms with Gasteiger partial charge in [0, 0.05) is 13.1 Å². The van der Waals surface area contributed by atoms with Crippen LogP contribution in [0.5, 0.6) is 5.75 Å². The molecule has 0 saturated heterocycles. The fourth-order valence-corrected chi connectivity index (χ4v) is 2.45. The summed E-state index contributed by atoms with van der Waals surface area (Å²) in [5.74, 6) is -0.00556. The standard InChI is InChI=1S/C17H25N3O3/c1-11-5-6-15(23-4)14(9-11)19-17(22)13-10-12(13)16(21)18-7-8-20(2)3/h5-6,9,12-13H,7-8,10H2,1-4H3,(H,18,21)(H,19,22). The second kappa shape index (κ2) is 7.46.